The molecule has 7 nitrogen and oxygen atoms in total. The average molecular weight is 503 g/mol. The predicted molar refractivity (Wildman–Crippen MR) is 116 cm³/mol. The number of benzene rings is 1. The first-order valence-electron chi connectivity index (χ1n) is 9.20. The van der Waals surface area contributed by atoms with Gasteiger partial charge in [0.1, 0.15) is 5.76 Å². The fourth-order valence-electron chi connectivity index (χ4n) is 3.08. The Labute approximate surface area is 181 Å². The van der Waals surface area contributed by atoms with Gasteiger partial charge in [-0.3, -0.25) is 4.90 Å². The van der Waals surface area contributed by atoms with Crippen LogP contribution in [0, 0.1) is 12.7 Å². The molecule has 1 aliphatic heterocycles. The van der Waals surface area contributed by atoms with Crippen LogP contribution in [0.3, 0.4) is 0 Å². The molecular weight excluding hydrogens is 476 g/mol. The van der Waals surface area contributed by atoms with Crippen LogP contribution in [0.15, 0.2) is 33.8 Å². The van der Waals surface area contributed by atoms with Crippen molar-refractivity contribution >= 4 is 29.9 Å². The number of aromatic hydroxyl groups is 1. The first kappa shape index (κ1) is 22.4. The SMILES string of the molecule is CCNC(=NCc1ccc(O)c(F)c1)N1CCN(Cc2cc(C)on2)CC1.I. The summed E-state index contributed by atoms with van der Waals surface area (Å²) in [5.41, 5.74) is 1.68. The number of piperazine rings is 1. The molecule has 1 saturated heterocycles. The topological polar surface area (TPSA) is 77.1 Å². The number of aromatic nitrogens is 1. The molecule has 2 heterocycles. The molecule has 0 atom stereocenters. The van der Waals surface area contributed by atoms with E-state index in [2.05, 4.69) is 25.3 Å². The van der Waals surface area contributed by atoms with E-state index in [0.717, 1.165) is 62.2 Å². The van der Waals surface area contributed by atoms with Crippen molar-refractivity contribution in [2.45, 2.75) is 26.9 Å². The van der Waals surface area contributed by atoms with Crippen LogP contribution in [0.5, 0.6) is 5.75 Å². The van der Waals surface area contributed by atoms with Crippen LogP contribution in [-0.4, -0.2) is 58.7 Å². The van der Waals surface area contributed by atoms with Crippen molar-refractivity contribution in [3.63, 3.8) is 0 Å². The summed E-state index contributed by atoms with van der Waals surface area (Å²) in [7, 11) is 0. The van der Waals surface area contributed by atoms with E-state index in [1.54, 1.807) is 6.07 Å². The number of halogens is 2. The number of guanidine groups is 1. The van der Waals surface area contributed by atoms with Crippen molar-refractivity contribution in [3.05, 3.63) is 47.1 Å². The van der Waals surface area contributed by atoms with Crippen LogP contribution >= 0.6 is 24.0 Å². The van der Waals surface area contributed by atoms with Crippen LogP contribution < -0.4 is 5.32 Å². The summed E-state index contributed by atoms with van der Waals surface area (Å²) in [4.78, 5) is 9.18. The van der Waals surface area contributed by atoms with Gasteiger partial charge in [0.05, 0.1) is 12.2 Å². The Morgan fingerprint density at radius 2 is 2.04 bits per heavy atom. The Morgan fingerprint density at radius 1 is 1.29 bits per heavy atom. The number of phenolic OH excluding ortho intramolecular Hbond substituents is 1. The van der Waals surface area contributed by atoms with Gasteiger partial charge in [-0.2, -0.15) is 0 Å². The maximum absolute atomic E-state index is 13.5. The highest BCUT2D eigenvalue weighted by molar-refractivity contribution is 14.0. The summed E-state index contributed by atoms with van der Waals surface area (Å²) in [6.45, 7) is 9.35. The molecule has 0 saturated carbocycles. The van der Waals surface area contributed by atoms with Gasteiger partial charge in [-0.25, -0.2) is 9.38 Å². The van der Waals surface area contributed by atoms with E-state index in [9.17, 15) is 9.50 Å². The van der Waals surface area contributed by atoms with Crippen molar-refractivity contribution in [1.82, 2.24) is 20.3 Å². The minimum absolute atomic E-state index is 0. The summed E-state index contributed by atoms with van der Waals surface area (Å²) in [6, 6.07) is 6.33. The van der Waals surface area contributed by atoms with E-state index < -0.39 is 5.82 Å². The van der Waals surface area contributed by atoms with Crippen LogP contribution in [0.2, 0.25) is 0 Å². The number of phenols is 1. The Morgan fingerprint density at radius 3 is 2.64 bits per heavy atom. The van der Waals surface area contributed by atoms with Gasteiger partial charge < -0.3 is 19.8 Å². The second kappa shape index (κ2) is 10.6. The van der Waals surface area contributed by atoms with E-state index in [4.69, 9.17) is 4.52 Å². The van der Waals surface area contributed by atoms with Crippen molar-refractivity contribution < 1.29 is 14.0 Å². The Kier molecular flexibility index (Phi) is 8.49. The molecule has 0 unspecified atom stereocenters. The highest BCUT2D eigenvalue weighted by Gasteiger charge is 2.20. The number of hydrogen-bond donors (Lipinski definition) is 2. The molecule has 0 aliphatic carbocycles. The van der Waals surface area contributed by atoms with E-state index in [1.807, 2.05) is 19.9 Å². The molecule has 1 aliphatic rings. The number of nitrogens with one attached hydrogen (secondary N) is 1. The van der Waals surface area contributed by atoms with Crippen LogP contribution in [-0.2, 0) is 13.1 Å². The quantitative estimate of drug-likeness (QED) is 0.372. The zero-order valence-corrected chi connectivity index (χ0v) is 18.5. The maximum Gasteiger partial charge on any atom is 0.194 e. The van der Waals surface area contributed by atoms with Crippen molar-refractivity contribution in [3.8, 4) is 5.75 Å². The molecule has 3 rings (SSSR count). The second-order valence-corrected chi connectivity index (χ2v) is 6.65. The lowest BCUT2D eigenvalue weighted by Crippen LogP contribution is -2.52. The Hall–Kier alpha value is -1.88. The van der Waals surface area contributed by atoms with Gasteiger partial charge in [-0.1, -0.05) is 11.2 Å². The predicted octanol–water partition coefficient (Wildman–Crippen LogP) is 2.73. The molecule has 1 fully saturated rings. The fraction of sp³-hybridized carbons (Fsp3) is 0.474. The van der Waals surface area contributed by atoms with E-state index >= 15 is 0 Å². The maximum atomic E-state index is 13.5. The van der Waals surface area contributed by atoms with Gasteiger partial charge in [-0.05, 0) is 31.5 Å². The van der Waals surface area contributed by atoms with Crippen molar-refractivity contribution in [1.29, 1.82) is 0 Å². The molecule has 2 N–H and O–H groups in total. The van der Waals surface area contributed by atoms with Crippen molar-refractivity contribution in [2.24, 2.45) is 4.99 Å². The fourth-order valence-corrected chi connectivity index (χ4v) is 3.08. The smallest absolute Gasteiger partial charge is 0.194 e. The van der Waals surface area contributed by atoms with Gasteiger partial charge in [0, 0.05) is 45.3 Å². The lowest BCUT2D eigenvalue weighted by Gasteiger charge is -2.36. The number of hydrogen-bond acceptors (Lipinski definition) is 5. The van der Waals surface area contributed by atoms with Crippen LogP contribution in [0.1, 0.15) is 23.9 Å². The number of aryl methyl sites for hydroxylation is 1. The Bertz CT molecular complexity index is 790. The molecular formula is C19H27FIN5O2. The minimum Gasteiger partial charge on any atom is -0.505 e. The van der Waals surface area contributed by atoms with Gasteiger partial charge in [-0.15, -0.1) is 24.0 Å². The highest BCUT2D eigenvalue weighted by atomic mass is 127. The normalized spacial score (nSPS) is 15.4. The summed E-state index contributed by atoms with van der Waals surface area (Å²) in [6.07, 6.45) is 0. The second-order valence-electron chi connectivity index (χ2n) is 6.65. The molecule has 9 heteroatoms. The van der Waals surface area contributed by atoms with Crippen LogP contribution in [0.25, 0.3) is 0 Å². The Balaban J connectivity index is 0.00000280. The van der Waals surface area contributed by atoms with Crippen molar-refractivity contribution in [2.75, 3.05) is 32.7 Å². The zero-order valence-electron chi connectivity index (χ0n) is 16.2. The molecule has 0 amide bonds. The summed E-state index contributed by atoms with van der Waals surface area (Å²) >= 11 is 0. The third-order valence-electron chi connectivity index (χ3n) is 4.49. The number of aliphatic imine (C=N–C) groups is 1. The third kappa shape index (κ3) is 6.06. The first-order chi connectivity index (χ1) is 13.0. The highest BCUT2D eigenvalue weighted by Crippen LogP contribution is 2.17. The first-order valence-corrected chi connectivity index (χ1v) is 9.20. The molecule has 1 aromatic heterocycles. The minimum atomic E-state index is -0.621. The van der Waals surface area contributed by atoms with E-state index in [0.29, 0.717) is 6.54 Å². The third-order valence-corrected chi connectivity index (χ3v) is 4.49. The molecule has 0 bridgehead atoms. The van der Waals surface area contributed by atoms with Gasteiger partial charge >= 0.3 is 0 Å². The lowest BCUT2D eigenvalue weighted by atomic mass is 10.2. The van der Waals surface area contributed by atoms with Gasteiger partial charge in [0.2, 0.25) is 0 Å². The van der Waals surface area contributed by atoms with Gasteiger partial charge in [0.25, 0.3) is 0 Å². The van der Waals surface area contributed by atoms with E-state index in [1.165, 1.54) is 12.1 Å². The molecule has 0 spiro atoms. The molecule has 2 aromatic rings. The standard InChI is InChI=1S/C19H26FN5O2.HI/c1-3-21-19(22-12-15-4-5-18(26)17(20)11-15)25-8-6-24(7-9-25)13-16-10-14(2)27-23-16;/h4-5,10-11,26H,3,6-9,12-13H2,1-2H3,(H,21,22);1H. The zero-order chi connectivity index (χ0) is 19.2. The van der Waals surface area contributed by atoms with E-state index in [-0.39, 0.29) is 29.7 Å². The summed E-state index contributed by atoms with van der Waals surface area (Å²) < 4.78 is 18.6. The number of nitrogens with zero attached hydrogens (tertiary/aromatic N) is 4. The van der Waals surface area contributed by atoms with Gasteiger partial charge in [0.15, 0.2) is 17.5 Å². The van der Waals surface area contributed by atoms with Crippen LogP contribution in [0.4, 0.5) is 4.39 Å². The average Bonchev–Trinajstić information content (AvgIpc) is 3.07. The monoisotopic (exact) mass is 503 g/mol. The largest absolute Gasteiger partial charge is 0.505 e. The molecule has 28 heavy (non-hydrogen) atoms. The molecule has 1 aromatic carbocycles. The molecule has 0 radical (unpaired) electrons. The lowest BCUT2D eigenvalue weighted by molar-refractivity contribution is 0.169. The number of rotatable bonds is 5. The summed E-state index contributed by atoms with van der Waals surface area (Å²) in [5, 5.41) is 16.7. The summed E-state index contributed by atoms with van der Waals surface area (Å²) in [5.74, 6) is 0.691. The molecule has 154 valence electrons.